The summed E-state index contributed by atoms with van der Waals surface area (Å²) in [5, 5.41) is 0. The number of rotatable bonds is 3. The van der Waals surface area contributed by atoms with Crippen LogP contribution in [0.2, 0.25) is 0 Å². The average molecular weight is 310 g/mol. The summed E-state index contributed by atoms with van der Waals surface area (Å²) in [7, 11) is 0. The zero-order valence-corrected chi connectivity index (χ0v) is 13.3. The monoisotopic (exact) mass is 310 g/mol. The lowest BCUT2D eigenvalue weighted by Crippen LogP contribution is -2.36. The van der Waals surface area contributed by atoms with Gasteiger partial charge in [-0.25, -0.2) is 4.98 Å². The molecule has 1 fully saturated rings. The van der Waals surface area contributed by atoms with E-state index in [1.807, 2.05) is 6.07 Å². The second kappa shape index (κ2) is 6.16. The van der Waals surface area contributed by atoms with E-state index in [1.165, 1.54) is 18.4 Å². The van der Waals surface area contributed by atoms with Crippen molar-refractivity contribution in [2.24, 2.45) is 0 Å². The van der Waals surface area contributed by atoms with Crippen molar-refractivity contribution in [1.82, 2.24) is 14.9 Å². The van der Waals surface area contributed by atoms with Gasteiger partial charge >= 0.3 is 0 Å². The van der Waals surface area contributed by atoms with Crippen molar-refractivity contribution in [3.63, 3.8) is 0 Å². The van der Waals surface area contributed by atoms with Crippen molar-refractivity contribution in [3.05, 3.63) is 57.5 Å². The van der Waals surface area contributed by atoms with Gasteiger partial charge in [0, 0.05) is 38.3 Å². The number of fused-ring (bicyclic) bond motifs is 1. The molecule has 1 aromatic heterocycles. The quantitative estimate of drug-likeness (QED) is 0.941. The molecular formula is C18H22N4O. The van der Waals surface area contributed by atoms with Crippen LogP contribution in [0.3, 0.4) is 0 Å². The summed E-state index contributed by atoms with van der Waals surface area (Å²) in [5.41, 5.74) is 3.19. The van der Waals surface area contributed by atoms with Crippen LogP contribution < -0.4 is 10.5 Å². The Bertz CT molecular complexity index is 734. The third-order valence-corrected chi connectivity index (χ3v) is 4.79. The number of hydrogen-bond acceptors (Lipinski definition) is 4. The summed E-state index contributed by atoms with van der Waals surface area (Å²) >= 11 is 0. The van der Waals surface area contributed by atoms with Crippen LogP contribution in [0, 0.1) is 0 Å². The molecule has 0 radical (unpaired) electrons. The molecule has 0 spiro atoms. The predicted octanol–water partition coefficient (Wildman–Crippen LogP) is 1.93. The average Bonchev–Trinajstić information content (AvgIpc) is 3.10. The first-order valence-corrected chi connectivity index (χ1v) is 8.43. The smallest absolute Gasteiger partial charge is 0.255 e. The summed E-state index contributed by atoms with van der Waals surface area (Å²) in [5.74, 6) is 0.757. The molecule has 120 valence electrons. The second-order valence-corrected chi connectivity index (χ2v) is 6.46. The molecule has 1 aromatic carbocycles. The Morgan fingerprint density at radius 1 is 1.09 bits per heavy atom. The molecule has 3 heterocycles. The molecule has 0 bridgehead atoms. The molecular weight excluding hydrogens is 288 g/mol. The van der Waals surface area contributed by atoms with Crippen molar-refractivity contribution >= 4 is 5.95 Å². The van der Waals surface area contributed by atoms with Gasteiger partial charge in [0.25, 0.3) is 5.56 Å². The lowest BCUT2D eigenvalue weighted by Gasteiger charge is -2.28. The highest BCUT2D eigenvalue weighted by Gasteiger charge is 2.23. The molecule has 2 aromatic rings. The van der Waals surface area contributed by atoms with Crippen LogP contribution in [0.5, 0.6) is 0 Å². The number of hydrogen-bond donors (Lipinski definition) is 1. The van der Waals surface area contributed by atoms with Crippen LogP contribution in [-0.4, -0.2) is 34.5 Å². The van der Waals surface area contributed by atoms with E-state index in [1.54, 1.807) is 0 Å². The molecule has 4 rings (SSSR count). The first kappa shape index (κ1) is 14.5. The molecule has 0 saturated carbocycles. The van der Waals surface area contributed by atoms with E-state index in [0.29, 0.717) is 0 Å². The molecule has 0 amide bonds. The molecule has 1 saturated heterocycles. The van der Waals surface area contributed by atoms with Crippen molar-refractivity contribution in [2.75, 3.05) is 24.5 Å². The van der Waals surface area contributed by atoms with E-state index < -0.39 is 0 Å². The zero-order chi connectivity index (χ0) is 15.6. The highest BCUT2D eigenvalue weighted by atomic mass is 16.1. The van der Waals surface area contributed by atoms with E-state index in [9.17, 15) is 4.79 Å². The Hall–Kier alpha value is -2.14. The maximum atomic E-state index is 12.4. The summed E-state index contributed by atoms with van der Waals surface area (Å²) in [6, 6.07) is 10.5. The minimum atomic E-state index is 0.0521. The molecule has 0 unspecified atom stereocenters. The van der Waals surface area contributed by atoms with Crippen LogP contribution in [0.25, 0.3) is 0 Å². The third-order valence-electron chi connectivity index (χ3n) is 4.79. The van der Waals surface area contributed by atoms with Crippen LogP contribution in [0.1, 0.15) is 29.7 Å². The highest BCUT2D eigenvalue weighted by molar-refractivity contribution is 5.35. The van der Waals surface area contributed by atoms with Crippen LogP contribution in [-0.2, 0) is 19.5 Å². The number of aromatic nitrogens is 2. The van der Waals surface area contributed by atoms with Gasteiger partial charge in [-0.2, -0.15) is 0 Å². The first-order valence-electron chi connectivity index (χ1n) is 8.43. The van der Waals surface area contributed by atoms with Crippen molar-refractivity contribution in [2.45, 2.75) is 32.4 Å². The predicted molar refractivity (Wildman–Crippen MR) is 90.6 cm³/mol. The Labute approximate surface area is 136 Å². The second-order valence-electron chi connectivity index (χ2n) is 6.46. The van der Waals surface area contributed by atoms with E-state index in [0.717, 1.165) is 56.4 Å². The fourth-order valence-corrected chi connectivity index (χ4v) is 3.54. The first-order chi connectivity index (χ1) is 11.3. The highest BCUT2D eigenvalue weighted by Crippen LogP contribution is 2.20. The van der Waals surface area contributed by atoms with Gasteiger partial charge in [-0.3, -0.25) is 14.7 Å². The summed E-state index contributed by atoms with van der Waals surface area (Å²) in [6.45, 7) is 4.57. The van der Waals surface area contributed by atoms with Crippen LogP contribution in [0.15, 0.2) is 35.1 Å². The van der Waals surface area contributed by atoms with Gasteiger partial charge in [-0.1, -0.05) is 30.3 Å². The van der Waals surface area contributed by atoms with Gasteiger partial charge in [0.1, 0.15) is 0 Å². The van der Waals surface area contributed by atoms with Gasteiger partial charge in [0.2, 0.25) is 5.95 Å². The molecule has 23 heavy (non-hydrogen) atoms. The van der Waals surface area contributed by atoms with Crippen LogP contribution >= 0.6 is 0 Å². The van der Waals surface area contributed by atoms with Crippen molar-refractivity contribution < 1.29 is 0 Å². The lowest BCUT2D eigenvalue weighted by molar-refractivity contribution is 0.240. The van der Waals surface area contributed by atoms with Gasteiger partial charge < -0.3 is 4.90 Å². The number of H-pyrrole nitrogens is 1. The normalized spacial score (nSPS) is 18.2. The Kier molecular flexibility index (Phi) is 3.87. The Morgan fingerprint density at radius 2 is 1.87 bits per heavy atom. The van der Waals surface area contributed by atoms with Gasteiger partial charge in [0.15, 0.2) is 0 Å². The van der Waals surface area contributed by atoms with Crippen molar-refractivity contribution in [3.8, 4) is 0 Å². The van der Waals surface area contributed by atoms with Gasteiger partial charge in [0.05, 0.1) is 5.69 Å². The van der Waals surface area contributed by atoms with E-state index in [-0.39, 0.29) is 5.56 Å². The minimum absolute atomic E-state index is 0.0521. The minimum Gasteiger partial charge on any atom is -0.342 e. The zero-order valence-electron chi connectivity index (χ0n) is 13.3. The number of anilines is 1. The number of nitrogens with zero attached hydrogens (tertiary/aromatic N) is 3. The third kappa shape index (κ3) is 3.01. The van der Waals surface area contributed by atoms with E-state index in [4.69, 9.17) is 4.98 Å². The van der Waals surface area contributed by atoms with Gasteiger partial charge in [-0.05, 0) is 24.8 Å². The molecule has 2 aliphatic heterocycles. The Morgan fingerprint density at radius 3 is 2.65 bits per heavy atom. The fraction of sp³-hybridized carbons (Fsp3) is 0.444. The molecule has 0 atom stereocenters. The maximum Gasteiger partial charge on any atom is 0.255 e. The lowest BCUT2D eigenvalue weighted by atomic mass is 10.1. The number of nitrogens with one attached hydrogen (secondary N) is 1. The molecule has 2 aliphatic rings. The molecule has 5 nitrogen and oxygen atoms in total. The Balaban J connectivity index is 1.56. The van der Waals surface area contributed by atoms with E-state index in [2.05, 4.69) is 39.0 Å². The largest absolute Gasteiger partial charge is 0.342 e. The summed E-state index contributed by atoms with van der Waals surface area (Å²) < 4.78 is 0. The fourth-order valence-electron chi connectivity index (χ4n) is 3.54. The number of benzene rings is 1. The molecule has 5 heteroatoms. The van der Waals surface area contributed by atoms with E-state index >= 15 is 0 Å². The maximum absolute atomic E-state index is 12.4. The molecule has 0 aliphatic carbocycles. The standard InChI is InChI=1S/C18H22N4O/c23-17-15-8-11-21(12-14-6-2-1-3-7-14)13-16(15)19-18(20-17)22-9-4-5-10-22/h1-3,6-7H,4-5,8-13H2,(H,19,20,23). The number of aromatic amines is 1. The summed E-state index contributed by atoms with van der Waals surface area (Å²) in [4.78, 5) is 24.7. The topological polar surface area (TPSA) is 52.2 Å². The SMILES string of the molecule is O=c1[nH]c(N2CCCC2)nc2c1CCN(Cc1ccccc1)C2. The molecule has 1 N–H and O–H groups in total. The van der Waals surface area contributed by atoms with Gasteiger partial charge in [-0.15, -0.1) is 0 Å². The summed E-state index contributed by atoms with van der Waals surface area (Å²) in [6.07, 6.45) is 3.15. The van der Waals surface area contributed by atoms with Crippen molar-refractivity contribution in [1.29, 1.82) is 0 Å². The van der Waals surface area contributed by atoms with Crippen LogP contribution in [0.4, 0.5) is 5.95 Å².